The van der Waals surface area contributed by atoms with E-state index in [2.05, 4.69) is 5.10 Å². The largest absolute Gasteiger partial charge is 0.488 e. The van der Waals surface area contributed by atoms with Gasteiger partial charge in [-0.2, -0.15) is 5.10 Å². The van der Waals surface area contributed by atoms with E-state index in [-0.39, 0.29) is 6.04 Å². The maximum absolute atomic E-state index is 5.98. The highest BCUT2D eigenvalue weighted by molar-refractivity contribution is 6.30. The van der Waals surface area contributed by atoms with Gasteiger partial charge < -0.3 is 10.5 Å². The lowest BCUT2D eigenvalue weighted by Gasteiger charge is -2.13. The third-order valence-electron chi connectivity index (χ3n) is 2.87. The van der Waals surface area contributed by atoms with Crippen molar-refractivity contribution in [2.45, 2.75) is 33.0 Å². The number of rotatable bonds is 5. The molecule has 0 saturated carbocycles. The van der Waals surface area contributed by atoms with Crippen LogP contribution in [0, 0.1) is 0 Å². The van der Waals surface area contributed by atoms with Gasteiger partial charge in [0.25, 0.3) is 0 Å². The Labute approximate surface area is 118 Å². The van der Waals surface area contributed by atoms with Crippen molar-refractivity contribution in [2.75, 3.05) is 0 Å². The van der Waals surface area contributed by atoms with Crippen LogP contribution in [0.5, 0.6) is 5.75 Å². The molecule has 0 aliphatic rings. The van der Waals surface area contributed by atoms with E-state index in [4.69, 9.17) is 22.1 Å². The van der Waals surface area contributed by atoms with Gasteiger partial charge in [-0.05, 0) is 32.0 Å². The van der Waals surface area contributed by atoms with E-state index in [0.717, 1.165) is 23.4 Å². The standard InChI is InChI=1S/C14H18ClN3O/c1-3-18-8-11(7-17-18)9-19-14-5-4-12(15)6-13(14)10(2)16/h4-8,10H,3,9,16H2,1-2H3/t10-/m1/s1. The molecule has 0 saturated heterocycles. The van der Waals surface area contributed by atoms with Gasteiger partial charge in [-0.25, -0.2) is 0 Å². The van der Waals surface area contributed by atoms with E-state index in [0.29, 0.717) is 11.6 Å². The number of ether oxygens (including phenoxy) is 1. The molecule has 4 nitrogen and oxygen atoms in total. The van der Waals surface area contributed by atoms with Crippen LogP contribution in [0.4, 0.5) is 0 Å². The summed E-state index contributed by atoms with van der Waals surface area (Å²) in [4.78, 5) is 0. The molecule has 0 aliphatic heterocycles. The van der Waals surface area contributed by atoms with Gasteiger partial charge in [-0.15, -0.1) is 0 Å². The zero-order chi connectivity index (χ0) is 13.8. The Balaban J connectivity index is 2.10. The lowest BCUT2D eigenvalue weighted by atomic mass is 10.1. The van der Waals surface area contributed by atoms with Crippen molar-refractivity contribution < 1.29 is 4.74 Å². The molecule has 0 amide bonds. The number of benzene rings is 1. The van der Waals surface area contributed by atoms with Gasteiger partial charge >= 0.3 is 0 Å². The molecular formula is C14H18ClN3O. The minimum atomic E-state index is -0.118. The Morgan fingerprint density at radius 2 is 2.26 bits per heavy atom. The average Bonchev–Trinajstić information content (AvgIpc) is 2.85. The minimum absolute atomic E-state index is 0.118. The molecule has 19 heavy (non-hydrogen) atoms. The summed E-state index contributed by atoms with van der Waals surface area (Å²) < 4.78 is 7.67. The van der Waals surface area contributed by atoms with Gasteiger partial charge in [0.1, 0.15) is 12.4 Å². The second kappa shape index (κ2) is 6.08. The predicted molar refractivity (Wildman–Crippen MR) is 76.3 cm³/mol. The molecule has 2 N–H and O–H groups in total. The molecule has 102 valence electrons. The molecule has 0 spiro atoms. The zero-order valence-electron chi connectivity index (χ0n) is 11.1. The van der Waals surface area contributed by atoms with Gasteiger partial charge in [-0.1, -0.05) is 11.6 Å². The Morgan fingerprint density at radius 1 is 1.47 bits per heavy atom. The summed E-state index contributed by atoms with van der Waals surface area (Å²) in [6, 6.07) is 5.38. The summed E-state index contributed by atoms with van der Waals surface area (Å²) in [5, 5.41) is 4.87. The van der Waals surface area contributed by atoms with Crippen LogP contribution < -0.4 is 10.5 Å². The summed E-state index contributed by atoms with van der Waals surface area (Å²) in [7, 11) is 0. The highest BCUT2D eigenvalue weighted by atomic mass is 35.5. The average molecular weight is 280 g/mol. The van der Waals surface area contributed by atoms with Crippen molar-refractivity contribution in [1.29, 1.82) is 0 Å². The van der Waals surface area contributed by atoms with Gasteiger partial charge in [-0.3, -0.25) is 4.68 Å². The van der Waals surface area contributed by atoms with E-state index in [1.165, 1.54) is 0 Å². The molecule has 1 aromatic heterocycles. The van der Waals surface area contributed by atoms with Crippen LogP contribution in [0.15, 0.2) is 30.6 Å². The van der Waals surface area contributed by atoms with Gasteiger partial charge in [0.15, 0.2) is 0 Å². The summed E-state index contributed by atoms with van der Waals surface area (Å²) in [5.74, 6) is 0.767. The van der Waals surface area contributed by atoms with Crippen LogP contribution in [-0.4, -0.2) is 9.78 Å². The van der Waals surface area contributed by atoms with Crippen LogP contribution in [0.1, 0.15) is 31.0 Å². The maximum Gasteiger partial charge on any atom is 0.124 e. The number of nitrogens with zero attached hydrogens (tertiary/aromatic N) is 2. The summed E-state index contributed by atoms with van der Waals surface area (Å²) in [6.45, 7) is 5.28. The summed E-state index contributed by atoms with van der Waals surface area (Å²) in [6.07, 6.45) is 3.78. The SMILES string of the molecule is CCn1cc(COc2ccc(Cl)cc2[C@@H](C)N)cn1. The predicted octanol–water partition coefficient (Wildman–Crippen LogP) is 3.16. The van der Waals surface area contributed by atoms with Crippen molar-refractivity contribution >= 4 is 11.6 Å². The fourth-order valence-corrected chi connectivity index (χ4v) is 2.00. The molecule has 0 unspecified atom stereocenters. The summed E-state index contributed by atoms with van der Waals surface area (Å²) in [5.41, 5.74) is 7.87. The fourth-order valence-electron chi connectivity index (χ4n) is 1.82. The normalized spacial score (nSPS) is 12.4. The smallest absolute Gasteiger partial charge is 0.124 e. The lowest BCUT2D eigenvalue weighted by molar-refractivity contribution is 0.301. The van der Waals surface area contributed by atoms with E-state index in [9.17, 15) is 0 Å². The Hall–Kier alpha value is -1.52. The highest BCUT2D eigenvalue weighted by Crippen LogP contribution is 2.27. The van der Waals surface area contributed by atoms with E-state index in [1.807, 2.05) is 43.1 Å². The van der Waals surface area contributed by atoms with Gasteiger partial charge in [0, 0.05) is 34.9 Å². The monoisotopic (exact) mass is 279 g/mol. The molecule has 1 aromatic carbocycles. The number of aryl methyl sites for hydroxylation is 1. The maximum atomic E-state index is 5.98. The molecule has 0 radical (unpaired) electrons. The lowest BCUT2D eigenvalue weighted by Crippen LogP contribution is -2.08. The number of aromatic nitrogens is 2. The second-order valence-corrected chi connectivity index (χ2v) is 4.90. The minimum Gasteiger partial charge on any atom is -0.488 e. The second-order valence-electron chi connectivity index (χ2n) is 4.46. The molecule has 0 fully saturated rings. The van der Waals surface area contributed by atoms with Crippen molar-refractivity contribution in [3.05, 3.63) is 46.7 Å². The molecule has 1 heterocycles. The zero-order valence-corrected chi connectivity index (χ0v) is 11.9. The first-order valence-electron chi connectivity index (χ1n) is 6.29. The molecule has 2 aromatic rings. The van der Waals surface area contributed by atoms with Crippen molar-refractivity contribution in [3.8, 4) is 5.75 Å². The highest BCUT2D eigenvalue weighted by Gasteiger charge is 2.09. The third-order valence-corrected chi connectivity index (χ3v) is 3.10. The van der Waals surface area contributed by atoms with Crippen LogP contribution in [-0.2, 0) is 13.2 Å². The topological polar surface area (TPSA) is 53.1 Å². The molecule has 5 heteroatoms. The Morgan fingerprint density at radius 3 is 2.89 bits per heavy atom. The Bertz CT molecular complexity index is 551. The number of hydrogen-bond donors (Lipinski definition) is 1. The van der Waals surface area contributed by atoms with Crippen molar-refractivity contribution in [2.24, 2.45) is 5.73 Å². The quantitative estimate of drug-likeness (QED) is 0.915. The van der Waals surface area contributed by atoms with Crippen molar-refractivity contribution in [3.63, 3.8) is 0 Å². The fraction of sp³-hybridized carbons (Fsp3) is 0.357. The van der Waals surface area contributed by atoms with Gasteiger partial charge in [0.05, 0.1) is 6.20 Å². The number of hydrogen-bond acceptors (Lipinski definition) is 3. The molecule has 0 aliphatic carbocycles. The summed E-state index contributed by atoms with van der Waals surface area (Å²) >= 11 is 5.98. The van der Waals surface area contributed by atoms with Crippen LogP contribution in [0.2, 0.25) is 5.02 Å². The first-order chi connectivity index (χ1) is 9.10. The van der Waals surface area contributed by atoms with E-state index >= 15 is 0 Å². The molecule has 0 bridgehead atoms. The first kappa shape index (κ1) is 13.9. The van der Waals surface area contributed by atoms with Gasteiger partial charge in [0.2, 0.25) is 0 Å². The molecule has 2 rings (SSSR count). The van der Waals surface area contributed by atoms with E-state index < -0.39 is 0 Å². The first-order valence-corrected chi connectivity index (χ1v) is 6.67. The molecule has 1 atom stereocenters. The number of halogens is 1. The number of nitrogens with two attached hydrogens (primary N) is 1. The van der Waals surface area contributed by atoms with Crippen LogP contribution in [0.25, 0.3) is 0 Å². The van der Waals surface area contributed by atoms with Crippen molar-refractivity contribution in [1.82, 2.24) is 9.78 Å². The Kier molecular flexibility index (Phi) is 4.45. The molecular weight excluding hydrogens is 262 g/mol. The third kappa shape index (κ3) is 3.49. The van der Waals surface area contributed by atoms with Crippen LogP contribution in [0.3, 0.4) is 0 Å². The van der Waals surface area contributed by atoms with E-state index in [1.54, 1.807) is 6.07 Å². The van der Waals surface area contributed by atoms with Crippen LogP contribution >= 0.6 is 11.6 Å².